The zero-order valence-electron chi connectivity index (χ0n) is 10.8. The lowest BCUT2D eigenvalue weighted by Gasteiger charge is -2.22. The molecular formula is C13H10F5NO3. The molecule has 1 amide bonds. The normalized spacial score (nSPS) is 22.0. The molecule has 1 aromatic carbocycles. The number of carbonyl (C=O) groups excluding carboxylic acids is 1. The van der Waals surface area contributed by atoms with Gasteiger partial charge >= 0.3 is 12.1 Å². The highest BCUT2D eigenvalue weighted by Crippen LogP contribution is 2.41. The Morgan fingerprint density at radius 2 is 1.86 bits per heavy atom. The maximum Gasteiger partial charge on any atom is 0.412 e. The number of benzene rings is 1. The molecule has 1 aliphatic carbocycles. The van der Waals surface area contributed by atoms with Crippen molar-refractivity contribution < 1.29 is 36.6 Å². The summed E-state index contributed by atoms with van der Waals surface area (Å²) < 4.78 is 65.6. The first-order chi connectivity index (χ1) is 10.1. The second-order valence-corrected chi connectivity index (χ2v) is 4.91. The lowest BCUT2D eigenvalue weighted by Crippen LogP contribution is -2.40. The molecule has 0 aromatic heterocycles. The molecule has 4 nitrogen and oxygen atoms in total. The Kier molecular flexibility index (Phi) is 4.08. The predicted molar refractivity (Wildman–Crippen MR) is 62.5 cm³/mol. The summed E-state index contributed by atoms with van der Waals surface area (Å²) in [4.78, 5) is 22.3. The highest BCUT2D eigenvalue weighted by Gasteiger charge is 2.51. The van der Waals surface area contributed by atoms with Gasteiger partial charge in [-0.3, -0.25) is 9.59 Å². The van der Waals surface area contributed by atoms with E-state index in [4.69, 9.17) is 5.11 Å². The minimum atomic E-state index is -5.06. The molecule has 0 aliphatic heterocycles. The van der Waals surface area contributed by atoms with Crippen molar-refractivity contribution in [1.29, 1.82) is 0 Å². The largest absolute Gasteiger partial charge is 0.481 e. The van der Waals surface area contributed by atoms with Crippen LogP contribution in [0.3, 0.4) is 0 Å². The molecule has 22 heavy (non-hydrogen) atoms. The molecule has 1 aliphatic rings. The highest BCUT2D eigenvalue weighted by molar-refractivity contribution is 5.89. The fourth-order valence-electron chi connectivity index (χ4n) is 2.09. The summed E-state index contributed by atoms with van der Waals surface area (Å²) in [5.41, 5.74) is -1.06. The topological polar surface area (TPSA) is 66.4 Å². The minimum Gasteiger partial charge on any atom is -0.481 e. The SMILES string of the molecule is O=C(O)C1CC1C(=O)NC(c1cccc(F)c1F)C(F)(F)F. The van der Waals surface area contributed by atoms with E-state index in [0.29, 0.717) is 12.1 Å². The predicted octanol–water partition coefficient (Wildman–Crippen LogP) is 2.41. The van der Waals surface area contributed by atoms with E-state index >= 15 is 0 Å². The second kappa shape index (κ2) is 5.54. The molecule has 2 N–H and O–H groups in total. The van der Waals surface area contributed by atoms with Gasteiger partial charge < -0.3 is 10.4 Å². The third-order valence-corrected chi connectivity index (χ3v) is 3.35. The van der Waals surface area contributed by atoms with Crippen LogP contribution in [0.1, 0.15) is 18.0 Å². The fourth-order valence-corrected chi connectivity index (χ4v) is 2.09. The maximum absolute atomic E-state index is 13.5. The summed E-state index contributed by atoms with van der Waals surface area (Å²) in [5.74, 6) is -7.78. The maximum atomic E-state index is 13.5. The van der Waals surface area contributed by atoms with Crippen molar-refractivity contribution in [3.8, 4) is 0 Å². The van der Waals surface area contributed by atoms with Crippen LogP contribution in [0.5, 0.6) is 0 Å². The summed E-state index contributed by atoms with van der Waals surface area (Å²) >= 11 is 0. The number of halogens is 5. The van der Waals surface area contributed by atoms with Crippen LogP contribution in [0.25, 0.3) is 0 Å². The second-order valence-electron chi connectivity index (χ2n) is 4.91. The summed E-state index contributed by atoms with van der Waals surface area (Å²) in [5, 5.41) is 10.2. The van der Waals surface area contributed by atoms with E-state index in [1.807, 2.05) is 0 Å². The van der Waals surface area contributed by atoms with Crippen LogP contribution in [0.15, 0.2) is 18.2 Å². The van der Waals surface area contributed by atoms with Crippen molar-refractivity contribution in [1.82, 2.24) is 5.32 Å². The molecular weight excluding hydrogens is 313 g/mol. The van der Waals surface area contributed by atoms with Gasteiger partial charge in [-0.05, 0) is 12.5 Å². The molecule has 9 heteroatoms. The Labute approximate surface area is 120 Å². The number of alkyl halides is 3. The Morgan fingerprint density at radius 3 is 2.36 bits per heavy atom. The molecule has 1 aromatic rings. The molecule has 0 heterocycles. The number of hydrogen-bond acceptors (Lipinski definition) is 2. The summed E-state index contributed by atoms with van der Waals surface area (Å²) in [6.45, 7) is 0. The number of carboxylic acids is 1. The third-order valence-electron chi connectivity index (χ3n) is 3.35. The van der Waals surface area contributed by atoms with E-state index in [9.17, 15) is 31.5 Å². The monoisotopic (exact) mass is 323 g/mol. The quantitative estimate of drug-likeness (QED) is 0.836. The van der Waals surface area contributed by atoms with Gasteiger partial charge in [-0.2, -0.15) is 13.2 Å². The van der Waals surface area contributed by atoms with Crippen LogP contribution in [0.2, 0.25) is 0 Å². The Bertz CT molecular complexity index is 616. The van der Waals surface area contributed by atoms with Gasteiger partial charge in [0.15, 0.2) is 17.7 Å². The van der Waals surface area contributed by atoms with E-state index in [-0.39, 0.29) is 6.42 Å². The van der Waals surface area contributed by atoms with Crippen LogP contribution in [0, 0.1) is 23.5 Å². The Hall–Kier alpha value is -2.19. The van der Waals surface area contributed by atoms with Crippen LogP contribution in [-0.2, 0) is 9.59 Å². The van der Waals surface area contributed by atoms with Crippen LogP contribution in [-0.4, -0.2) is 23.2 Å². The zero-order valence-corrected chi connectivity index (χ0v) is 10.8. The number of rotatable bonds is 4. The number of nitrogens with one attached hydrogen (secondary N) is 1. The van der Waals surface area contributed by atoms with Gasteiger partial charge in [-0.15, -0.1) is 0 Å². The van der Waals surface area contributed by atoms with Crippen molar-refractivity contribution in [2.75, 3.05) is 0 Å². The average molecular weight is 323 g/mol. The fraction of sp³-hybridized carbons (Fsp3) is 0.385. The first-order valence-corrected chi connectivity index (χ1v) is 6.16. The van der Waals surface area contributed by atoms with Gasteiger partial charge in [0, 0.05) is 5.56 Å². The number of carboxylic acid groups (broad SMARTS) is 1. The number of aliphatic carboxylic acids is 1. The molecule has 3 unspecified atom stereocenters. The van der Waals surface area contributed by atoms with E-state index in [1.165, 1.54) is 0 Å². The number of hydrogen-bond donors (Lipinski definition) is 2. The zero-order chi connectivity index (χ0) is 16.7. The molecule has 3 atom stereocenters. The van der Waals surface area contributed by atoms with Crippen LogP contribution < -0.4 is 5.32 Å². The number of carbonyl (C=O) groups is 2. The van der Waals surface area contributed by atoms with Gasteiger partial charge in [0.05, 0.1) is 11.8 Å². The van der Waals surface area contributed by atoms with Gasteiger partial charge in [0.2, 0.25) is 5.91 Å². The smallest absolute Gasteiger partial charge is 0.412 e. The minimum absolute atomic E-state index is 0.0859. The van der Waals surface area contributed by atoms with E-state index in [2.05, 4.69) is 0 Å². The van der Waals surface area contributed by atoms with E-state index < -0.39 is 53.1 Å². The lowest BCUT2D eigenvalue weighted by molar-refractivity contribution is -0.164. The van der Waals surface area contributed by atoms with E-state index in [0.717, 1.165) is 6.07 Å². The summed E-state index contributed by atoms with van der Waals surface area (Å²) in [6, 6.07) is -0.505. The lowest BCUT2D eigenvalue weighted by atomic mass is 10.0. The van der Waals surface area contributed by atoms with E-state index in [1.54, 1.807) is 5.32 Å². The molecule has 1 saturated carbocycles. The Morgan fingerprint density at radius 1 is 1.23 bits per heavy atom. The summed E-state index contributed by atoms with van der Waals surface area (Å²) in [6.07, 6.45) is -5.14. The number of amides is 1. The molecule has 1 fully saturated rings. The van der Waals surface area contributed by atoms with Gasteiger partial charge in [0.1, 0.15) is 0 Å². The summed E-state index contributed by atoms with van der Waals surface area (Å²) in [7, 11) is 0. The molecule has 120 valence electrons. The van der Waals surface area contributed by atoms with Gasteiger partial charge in [-0.25, -0.2) is 8.78 Å². The van der Waals surface area contributed by atoms with Crippen LogP contribution in [0.4, 0.5) is 22.0 Å². The Balaban J connectivity index is 2.23. The van der Waals surface area contributed by atoms with Crippen molar-refractivity contribution in [2.24, 2.45) is 11.8 Å². The van der Waals surface area contributed by atoms with Crippen molar-refractivity contribution >= 4 is 11.9 Å². The molecule has 0 spiro atoms. The first-order valence-electron chi connectivity index (χ1n) is 6.16. The third kappa shape index (κ3) is 3.18. The standard InChI is InChI=1S/C13H10F5NO3/c14-8-3-1-2-5(9(8)15)10(13(16,17)18)19-11(20)6-4-7(6)12(21)22/h1-3,6-7,10H,4H2,(H,19,20)(H,21,22). The van der Waals surface area contributed by atoms with Crippen molar-refractivity contribution in [2.45, 2.75) is 18.6 Å². The van der Waals surface area contributed by atoms with Crippen molar-refractivity contribution in [3.63, 3.8) is 0 Å². The molecule has 0 bridgehead atoms. The first kappa shape index (κ1) is 16.2. The van der Waals surface area contributed by atoms with Crippen molar-refractivity contribution in [3.05, 3.63) is 35.4 Å². The van der Waals surface area contributed by atoms with Gasteiger partial charge in [-0.1, -0.05) is 12.1 Å². The highest BCUT2D eigenvalue weighted by atomic mass is 19.4. The van der Waals surface area contributed by atoms with Crippen LogP contribution >= 0.6 is 0 Å². The average Bonchev–Trinajstić information content (AvgIpc) is 3.18. The molecule has 0 saturated heterocycles. The molecule has 2 rings (SSSR count). The molecule has 0 radical (unpaired) electrons. The van der Waals surface area contributed by atoms with Gasteiger partial charge in [0.25, 0.3) is 0 Å².